The second-order valence-corrected chi connectivity index (χ2v) is 14.2. The quantitative estimate of drug-likeness (QED) is 0.0396. The van der Waals surface area contributed by atoms with Gasteiger partial charge in [-0.25, -0.2) is 0 Å². The number of halogens is 1. The molecule has 0 heterocycles. The third-order valence-electron chi connectivity index (χ3n) is 7.46. The average molecular weight is 658 g/mol. The Hall–Kier alpha value is 0.787. The first-order chi connectivity index (χ1) is 17.4. The van der Waals surface area contributed by atoms with Crippen LogP contribution in [0.4, 0.5) is 0 Å². The number of unbranched alkanes of at least 4 members (excludes halogenated alkanes) is 17. The number of quaternary nitrogens is 1. The lowest BCUT2D eigenvalue weighted by Gasteiger charge is -2.32. The Morgan fingerprint density at radius 1 is 0.432 bits per heavy atom. The monoisotopic (exact) mass is 657 g/mol. The Labute approximate surface area is 252 Å². The summed E-state index contributed by atoms with van der Waals surface area (Å²) in [6.45, 7) is 12.9. The lowest BCUT2D eigenvalue weighted by Crippen LogP contribution is -3.00. The first-order valence-electron chi connectivity index (χ1n) is 16.2. The standard InChI is InChI=1S/C31H68NO3Si.HI/c1-7-11-12-13-14-15-16-17-18-19-20-21-22-23-24-25-26-27-29-32(5,6)30-28-31-36(33-8-2,34-9-3)35-10-4;/h7-31H2,1-6H3;1H/q+1;/p-1. The van der Waals surface area contributed by atoms with Gasteiger partial charge in [0, 0.05) is 32.3 Å². The van der Waals surface area contributed by atoms with E-state index in [1.54, 1.807) is 0 Å². The molecule has 0 unspecified atom stereocenters. The molecule has 0 amide bonds. The van der Waals surface area contributed by atoms with E-state index in [0.717, 1.165) is 16.9 Å². The molecule has 6 heteroatoms. The SMILES string of the molecule is CCCCCCCCCCCCCCCCCCCC[N+](C)(C)CCC[Si](OCC)(OCC)OCC.[I-]. The molecule has 37 heavy (non-hydrogen) atoms. The number of hydrogen-bond donors (Lipinski definition) is 0. The van der Waals surface area contributed by atoms with Gasteiger partial charge in [0.05, 0.1) is 27.2 Å². The van der Waals surface area contributed by atoms with Gasteiger partial charge in [0.1, 0.15) is 0 Å². The third-order valence-corrected chi connectivity index (χ3v) is 10.6. The Kier molecular flexibility index (Phi) is 30.6. The molecule has 0 aromatic rings. The lowest BCUT2D eigenvalue weighted by molar-refractivity contribution is -0.890. The van der Waals surface area contributed by atoms with Crippen LogP contribution < -0.4 is 24.0 Å². The van der Waals surface area contributed by atoms with Gasteiger partial charge in [0.2, 0.25) is 0 Å². The van der Waals surface area contributed by atoms with Gasteiger partial charge in [-0.15, -0.1) is 0 Å². The minimum Gasteiger partial charge on any atom is -1.00 e. The van der Waals surface area contributed by atoms with E-state index in [4.69, 9.17) is 13.3 Å². The van der Waals surface area contributed by atoms with E-state index in [2.05, 4.69) is 21.0 Å². The minimum absolute atomic E-state index is 0. The van der Waals surface area contributed by atoms with Crippen LogP contribution in [-0.4, -0.2) is 60.3 Å². The molecule has 226 valence electrons. The fourth-order valence-electron chi connectivity index (χ4n) is 5.28. The zero-order valence-corrected chi connectivity index (χ0v) is 29.4. The summed E-state index contributed by atoms with van der Waals surface area (Å²) < 4.78 is 19.1. The van der Waals surface area contributed by atoms with Crippen LogP contribution in [0.25, 0.3) is 0 Å². The van der Waals surface area contributed by atoms with Crippen LogP contribution in [-0.2, 0) is 13.3 Å². The normalized spacial score (nSPS) is 12.2. The molecule has 0 fully saturated rings. The highest BCUT2D eigenvalue weighted by Gasteiger charge is 2.40. The zero-order chi connectivity index (χ0) is 26.8. The summed E-state index contributed by atoms with van der Waals surface area (Å²) in [5, 5.41) is 0. The number of hydrogen-bond acceptors (Lipinski definition) is 3. The Balaban J connectivity index is 0. The second-order valence-electron chi connectivity index (χ2n) is 11.5. The van der Waals surface area contributed by atoms with Crippen LogP contribution in [0.15, 0.2) is 0 Å². The molecule has 0 aliphatic carbocycles. The second kappa shape index (κ2) is 28.3. The molecule has 0 aliphatic rings. The summed E-state index contributed by atoms with van der Waals surface area (Å²) in [7, 11) is 2.26. The Morgan fingerprint density at radius 3 is 1.05 bits per heavy atom. The van der Waals surface area contributed by atoms with E-state index in [9.17, 15) is 0 Å². The molecule has 0 bridgehead atoms. The number of rotatable bonds is 29. The molecular formula is C31H68INO3Si. The summed E-state index contributed by atoms with van der Waals surface area (Å²) >= 11 is 0. The molecule has 0 rings (SSSR count). The minimum atomic E-state index is -2.48. The van der Waals surface area contributed by atoms with Crippen LogP contribution in [0.1, 0.15) is 150 Å². The maximum absolute atomic E-state index is 6.01. The maximum atomic E-state index is 6.01. The van der Waals surface area contributed by atoms with Crippen LogP contribution in [0.3, 0.4) is 0 Å². The van der Waals surface area contributed by atoms with Crippen LogP contribution in [0.2, 0.25) is 6.04 Å². The Morgan fingerprint density at radius 2 is 0.730 bits per heavy atom. The zero-order valence-electron chi connectivity index (χ0n) is 26.2. The van der Waals surface area contributed by atoms with Crippen molar-refractivity contribution < 1.29 is 41.7 Å². The molecule has 0 aliphatic heterocycles. The highest BCUT2D eigenvalue weighted by atomic mass is 127. The van der Waals surface area contributed by atoms with Crippen LogP contribution in [0, 0.1) is 0 Å². The molecule has 0 saturated carbocycles. The van der Waals surface area contributed by atoms with Crippen molar-refractivity contribution in [2.24, 2.45) is 0 Å². The van der Waals surface area contributed by atoms with Gasteiger partial charge in [-0.05, 0) is 33.6 Å². The largest absolute Gasteiger partial charge is 1.00 e. The first kappa shape index (κ1) is 39.9. The smallest absolute Gasteiger partial charge is 0.501 e. The van der Waals surface area contributed by atoms with Crippen molar-refractivity contribution >= 4 is 8.80 Å². The molecular weight excluding hydrogens is 589 g/mol. The topological polar surface area (TPSA) is 27.7 Å². The highest BCUT2D eigenvalue weighted by molar-refractivity contribution is 6.60. The molecule has 0 spiro atoms. The van der Waals surface area contributed by atoms with Crippen LogP contribution >= 0.6 is 0 Å². The van der Waals surface area contributed by atoms with E-state index in [1.165, 1.54) is 129 Å². The molecule has 0 aromatic heterocycles. The summed E-state index contributed by atoms with van der Waals surface area (Å²) in [4.78, 5) is 0. The molecule has 0 radical (unpaired) electrons. The molecule has 0 N–H and O–H groups in total. The van der Waals surface area contributed by atoms with Gasteiger partial charge in [0.15, 0.2) is 0 Å². The van der Waals surface area contributed by atoms with Crippen molar-refractivity contribution in [1.29, 1.82) is 0 Å². The average Bonchev–Trinajstić information content (AvgIpc) is 2.83. The fourth-order valence-corrected chi connectivity index (χ4v) is 7.87. The van der Waals surface area contributed by atoms with Crippen molar-refractivity contribution in [2.45, 2.75) is 156 Å². The van der Waals surface area contributed by atoms with Crippen molar-refractivity contribution in [1.82, 2.24) is 0 Å². The van der Waals surface area contributed by atoms with E-state index < -0.39 is 8.80 Å². The van der Waals surface area contributed by atoms with Gasteiger partial charge in [-0.3, -0.25) is 0 Å². The van der Waals surface area contributed by atoms with Gasteiger partial charge in [-0.1, -0.05) is 110 Å². The van der Waals surface area contributed by atoms with Gasteiger partial charge in [0.25, 0.3) is 0 Å². The van der Waals surface area contributed by atoms with Crippen molar-refractivity contribution in [3.8, 4) is 0 Å². The van der Waals surface area contributed by atoms with E-state index >= 15 is 0 Å². The highest BCUT2D eigenvalue weighted by Crippen LogP contribution is 2.20. The predicted octanol–water partition coefficient (Wildman–Crippen LogP) is 6.55. The van der Waals surface area contributed by atoms with Gasteiger partial charge >= 0.3 is 8.80 Å². The molecule has 0 saturated heterocycles. The summed E-state index contributed by atoms with van der Waals surface area (Å²) in [5.41, 5.74) is 0. The molecule has 0 atom stereocenters. The molecule has 4 nitrogen and oxygen atoms in total. The van der Waals surface area contributed by atoms with Gasteiger partial charge in [-0.2, -0.15) is 0 Å². The van der Waals surface area contributed by atoms with E-state index in [1.807, 2.05) is 20.8 Å². The van der Waals surface area contributed by atoms with Gasteiger partial charge < -0.3 is 41.7 Å². The third kappa shape index (κ3) is 25.5. The van der Waals surface area contributed by atoms with Crippen molar-refractivity contribution in [2.75, 3.05) is 47.0 Å². The van der Waals surface area contributed by atoms with E-state index in [0.29, 0.717) is 19.8 Å². The lowest BCUT2D eigenvalue weighted by atomic mass is 10.0. The molecule has 0 aromatic carbocycles. The first-order valence-corrected chi connectivity index (χ1v) is 18.1. The predicted molar refractivity (Wildman–Crippen MR) is 161 cm³/mol. The van der Waals surface area contributed by atoms with E-state index in [-0.39, 0.29) is 24.0 Å². The summed E-state index contributed by atoms with van der Waals surface area (Å²) in [5.74, 6) is 0. The Bertz CT molecular complexity index is 437. The maximum Gasteiger partial charge on any atom is 0.501 e. The van der Waals surface area contributed by atoms with Crippen molar-refractivity contribution in [3.05, 3.63) is 0 Å². The summed E-state index contributed by atoms with van der Waals surface area (Å²) in [6, 6.07) is 0.934. The summed E-state index contributed by atoms with van der Waals surface area (Å²) in [6.07, 6.45) is 27.0. The van der Waals surface area contributed by atoms with Crippen molar-refractivity contribution in [3.63, 3.8) is 0 Å². The number of nitrogens with zero attached hydrogens (tertiary/aromatic N) is 1. The van der Waals surface area contributed by atoms with Crippen LogP contribution in [0.5, 0.6) is 0 Å². The fraction of sp³-hybridized carbons (Fsp3) is 1.00.